The Bertz CT molecular complexity index is 1330. The summed E-state index contributed by atoms with van der Waals surface area (Å²) in [7, 11) is -8.13. The average Bonchev–Trinajstić information content (AvgIpc) is 3.25. The molecule has 3 aromatic rings. The highest BCUT2D eigenvalue weighted by Crippen LogP contribution is 2.28. The van der Waals surface area contributed by atoms with Crippen LogP contribution in [0.1, 0.15) is 16.7 Å². The molecule has 0 spiro atoms. The van der Waals surface area contributed by atoms with Crippen LogP contribution >= 0.6 is 15.9 Å². The van der Waals surface area contributed by atoms with Crippen LogP contribution in [0.3, 0.4) is 0 Å². The van der Waals surface area contributed by atoms with Gasteiger partial charge in [0.2, 0.25) is 0 Å². The average molecular weight is 612 g/mol. The van der Waals surface area contributed by atoms with Crippen molar-refractivity contribution in [2.75, 3.05) is 13.2 Å². The normalized spacial score (nSPS) is 18.8. The molecule has 1 fully saturated rings. The van der Waals surface area contributed by atoms with Crippen LogP contribution in [0.25, 0.3) is 0 Å². The first kappa shape index (κ1) is 27.9. The summed E-state index contributed by atoms with van der Waals surface area (Å²) in [4.78, 5) is 0.0214. The fraction of sp³-hybridized carbons (Fsp3) is 0.308. The summed E-state index contributed by atoms with van der Waals surface area (Å²) in [6.45, 7) is 2.95. The molecule has 1 aliphatic rings. The van der Waals surface area contributed by atoms with Crippen molar-refractivity contribution in [3.05, 3.63) is 94.0 Å². The highest BCUT2D eigenvalue weighted by molar-refractivity contribution is 9.10. The van der Waals surface area contributed by atoms with Crippen molar-refractivity contribution < 1.29 is 34.7 Å². The predicted octanol–water partition coefficient (Wildman–Crippen LogP) is 4.53. The van der Waals surface area contributed by atoms with E-state index in [0.717, 1.165) is 21.2 Å². The molecular formula is C26H27BrO8S2. The van der Waals surface area contributed by atoms with Gasteiger partial charge in [-0.2, -0.15) is 16.8 Å². The molecule has 1 saturated heterocycles. The lowest BCUT2D eigenvalue weighted by Crippen LogP contribution is -2.33. The van der Waals surface area contributed by atoms with Gasteiger partial charge in [0, 0.05) is 10.9 Å². The Hall–Kier alpha value is -2.12. The van der Waals surface area contributed by atoms with Crippen LogP contribution in [-0.4, -0.2) is 48.5 Å². The van der Waals surface area contributed by atoms with Gasteiger partial charge in [-0.15, -0.1) is 0 Å². The molecule has 0 saturated carbocycles. The number of ether oxygens (including phenoxy) is 2. The molecule has 0 bridgehead atoms. The summed E-state index contributed by atoms with van der Waals surface area (Å²) in [6, 6.07) is 20.1. The largest absolute Gasteiger partial charge is 0.344 e. The van der Waals surface area contributed by atoms with Gasteiger partial charge < -0.3 is 9.47 Å². The van der Waals surface area contributed by atoms with Gasteiger partial charge in [-0.1, -0.05) is 69.5 Å². The van der Waals surface area contributed by atoms with E-state index in [1.54, 1.807) is 24.3 Å². The molecule has 1 heterocycles. The third-order valence-corrected chi connectivity index (χ3v) is 9.17. The zero-order valence-electron chi connectivity index (χ0n) is 20.2. The van der Waals surface area contributed by atoms with E-state index in [-0.39, 0.29) is 23.0 Å². The quantitative estimate of drug-likeness (QED) is 0.308. The molecule has 37 heavy (non-hydrogen) atoms. The minimum absolute atomic E-state index is 0.0107. The van der Waals surface area contributed by atoms with Crippen molar-refractivity contribution in [2.24, 2.45) is 0 Å². The third kappa shape index (κ3) is 7.26. The number of hydrogen-bond donors (Lipinski definition) is 0. The first-order valence-electron chi connectivity index (χ1n) is 11.5. The Kier molecular flexibility index (Phi) is 8.85. The van der Waals surface area contributed by atoms with Crippen LogP contribution in [0.15, 0.2) is 87.1 Å². The van der Waals surface area contributed by atoms with E-state index in [1.807, 2.05) is 38.1 Å². The van der Waals surface area contributed by atoms with Crippen molar-refractivity contribution in [3.63, 3.8) is 0 Å². The van der Waals surface area contributed by atoms with Crippen molar-refractivity contribution in [1.82, 2.24) is 0 Å². The molecule has 2 atom stereocenters. The van der Waals surface area contributed by atoms with Crippen LogP contribution in [-0.2, 0) is 44.5 Å². The minimum Gasteiger partial charge on any atom is -0.344 e. The first-order chi connectivity index (χ1) is 17.5. The minimum atomic E-state index is -4.06. The van der Waals surface area contributed by atoms with E-state index in [1.165, 1.54) is 24.3 Å². The Balaban J connectivity index is 1.48. The summed E-state index contributed by atoms with van der Waals surface area (Å²) >= 11 is 3.49. The van der Waals surface area contributed by atoms with Gasteiger partial charge in [0.1, 0.15) is 12.2 Å². The van der Waals surface area contributed by atoms with Gasteiger partial charge in [-0.25, -0.2) is 0 Å². The molecule has 8 nitrogen and oxygen atoms in total. The Morgan fingerprint density at radius 1 is 0.703 bits per heavy atom. The SMILES string of the molecule is Cc1ccc(S(=O)(=O)OC[C@@H]2OC(Cc3ccccc3Br)O[C@H]2COS(=O)(=O)c2ccc(C)cc2)cc1. The van der Waals surface area contributed by atoms with Crippen LogP contribution < -0.4 is 0 Å². The van der Waals surface area contributed by atoms with Crippen LogP contribution in [0.4, 0.5) is 0 Å². The van der Waals surface area contributed by atoms with E-state index < -0.39 is 38.7 Å². The lowest BCUT2D eigenvalue weighted by Gasteiger charge is -2.17. The summed E-state index contributed by atoms with van der Waals surface area (Å²) in [5.74, 6) is 0. The van der Waals surface area contributed by atoms with Gasteiger partial charge in [0.25, 0.3) is 20.2 Å². The van der Waals surface area contributed by atoms with Gasteiger partial charge >= 0.3 is 0 Å². The van der Waals surface area contributed by atoms with E-state index >= 15 is 0 Å². The van der Waals surface area contributed by atoms with Gasteiger partial charge in [-0.3, -0.25) is 8.37 Å². The van der Waals surface area contributed by atoms with Crippen molar-refractivity contribution in [2.45, 2.75) is 48.6 Å². The molecule has 11 heteroatoms. The number of aryl methyl sites for hydroxylation is 2. The number of rotatable bonds is 10. The maximum Gasteiger partial charge on any atom is 0.297 e. The fourth-order valence-electron chi connectivity index (χ4n) is 3.69. The number of benzene rings is 3. The van der Waals surface area contributed by atoms with Crippen molar-refractivity contribution in [3.8, 4) is 0 Å². The second kappa shape index (κ2) is 11.7. The number of hydrogen-bond acceptors (Lipinski definition) is 8. The smallest absolute Gasteiger partial charge is 0.297 e. The zero-order chi connectivity index (χ0) is 26.6. The van der Waals surface area contributed by atoms with Crippen LogP contribution in [0.2, 0.25) is 0 Å². The molecule has 0 aromatic heterocycles. The molecule has 3 aromatic carbocycles. The third-order valence-electron chi connectivity index (χ3n) is 5.81. The highest BCUT2D eigenvalue weighted by atomic mass is 79.9. The van der Waals surface area contributed by atoms with Crippen LogP contribution in [0, 0.1) is 13.8 Å². The highest BCUT2D eigenvalue weighted by Gasteiger charge is 2.39. The predicted molar refractivity (Wildman–Crippen MR) is 140 cm³/mol. The van der Waals surface area contributed by atoms with Crippen molar-refractivity contribution in [1.29, 1.82) is 0 Å². The molecule has 1 aliphatic heterocycles. The molecular weight excluding hydrogens is 584 g/mol. The summed E-state index contributed by atoms with van der Waals surface area (Å²) in [5, 5.41) is 0. The second-order valence-corrected chi connectivity index (χ2v) is 12.8. The summed E-state index contributed by atoms with van der Waals surface area (Å²) < 4.78 is 74.1. The van der Waals surface area contributed by atoms with E-state index in [2.05, 4.69) is 15.9 Å². The van der Waals surface area contributed by atoms with Gasteiger partial charge in [0.15, 0.2) is 6.29 Å². The molecule has 198 valence electrons. The van der Waals surface area contributed by atoms with E-state index in [0.29, 0.717) is 6.42 Å². The molecule has 0 aliphatic carbocycles. The maximum absolute atomic E-state index is 12.7. The molecule has 0 unspecified atom stereocenters. The molecule has 0 amide bonds. The Morgan fingerprint density at radius 3 is 1.57 bits per heavy atom. The Labute approximate surface area is 225 Å². The lowest BCUT2D eigenvalue weighted by atomic mass is 10.1. The summed E-state index contributed by atoms with van der Waals surface area (Å²) in [6.07, 6.45) is -2.18. The lowest BCUT2D eigenvalue weighted by molar-refractivity contribution is -0.0706. The molecule has 0 N–H and O–H groups in total. The zero-order valence-corrected chi connectivity index (χ0v) is 23.5. The standard InChI is InChI=1S/C26H27BrO8S2/c1-18-7-11-21(12-8-18)36(28,29)32-16-24-25(17-33-37(30,31)22-13-9-19(2)10-14-22)35-26(34-24)15-20-5-3-4-6-23(20)27/h3-14,24-26H,15-17H2,1-2H3/t24-,25-/m0/s1. The monoisotopic (exact) mass is 610 g/mol. The maximum atomic E-state index is 12.7. The van der Waals surface area contributed by atoms with Crippen LogP contribution in [0.5, 0.6) is 0 Å². The second-order valence-electron chi connectivity index (χ2n) is 8.68. The topological polar surface area (TPSA) is 105 Å². The van der Waals surface area contributed by atoms with E-state index in [9.17, 15) is 16.8 Å². The van der Waals surface area contributed by atoms with Gasteiger partial charge in [0.05, 0.1) is 23.0 Å². The first-order valence-corrected chi connectivity index (χ1v) is 15.1. The molecule has 4 rings (SSSR count). The summed E-state index contributed by atoms with van der Waals surface area (Å²) in [5.41, 5.74) is 2.73. The number of halogens is 1. The Morgan fingerprint density at radius 2 is 1.14 bits per heavy atom. The van der Waals surface area contributed by atoms with E-state index in [4.69, 9.17) is 17.8 Å². The molecule has 0 radical (unpaired) electrons. The van der Waals surface area contributed by atoms with Gasteiger partial charge in [-0.05, 0) is 49.7 Å². The van der Waals surface area contributed by atoms with Crippen molar-refractivity contribution >= 4 is 36.2 Å². The fourth-order valence-corrected chi connectivity index (χ4v) is 5.97.